The maximum atomic E-state index is 12.7. The summed E-state index contributed by atoms with van der Waals surface area (Å²) in [6.45, 7) is 1.73. The molecule has 2 aromatic rings. The van der Waals surface area contributed by atoms with E-state index < -0.39 is 41.6 Å². The Morgan fingerprint density at radius 1 is 1.23 bits per heavy atom. The number of benzene rings is 1. The van der Waals surface area contributed by atoms with Crippen LogP contribution in [0.5, 0.6) is 11.5 Å². The maximum absolute atomic E-state index is 12.7. The van der Waals surface area contributed by atoms with E-state index in [-0.39, 0.29) is 23.0 Å². The Hall–Kier alpha value is -4.02. The van der Waals surface area contributed by atoms with Gasteiger partial charge in [0.1, 0.15) is 22.8 Å². The van der Waals surface area contributed by atoms with Gasteiger partial charge in [0.25, 0.3) is 0 Å². The molecule has 0 aliphatic heterocycles. The van der Waals surface area contributed by atoms with Crippen molar-refractivity contribution >= 4 is 18.0 Å². The number of ketones is 1. The van der Waals surface area contributed by atoms with Crippen molar-refractivity contribution in [1.29, 1.82) is 0 Å². The molecule has 1 aromatic carbocycles. The number of aromatic hydroxyl groups is 1. The molecule has 0 aliphatic rings. The number of halogens is 3. The Morgan fingerprint density at radius 3 is 2.46 bits per heavy atom. The molecule has 0 saturated carbocycles. The van der Waals surface area contributed by atoms with Gasteiger partial charge in [0.15, 0.2) is 12.4 Å². The molecule has 3 N–H and O–H groups in total. The molecule has 0 saturated heterocycles. The predicted molar refractivity (Wildman–Crippen MR) is 121 cm³/mol. The lowest BCUT2D eigenvalue weighted by molar-refractivity contribution is -0.153. The Bertz CT molecular complexity index is 1170. The zero-order chi connectivity index (χ0) is 26.2. The molecule has 0 aliphatic carbocycles. The normalized spacial score (nSPS) is 13.0. The van der Waals surface area contributed by atoms with Gasteiger partial charge in [-0.05, 0) is 49.1 Å². The van der Waals surface area contributed by atoms with E-state index in [2.05, 4.69) is 10.1 Å². The number of hydrogen-bond donors (Lipinski definition) is 3. The largest absolute Gasteiger partial charge is 0.507 e. The summed E-state index contributed by atoms with van der Waals surface area (Å²) in [4.78, 5) is 35.6. The molecule has 0 bridgehead atoms. The zero-order valence-electron chi connectivity index (χ0n) is 18.9. The highest BCUT2D eigenvalue weighted by Crippen LogP contribution is 2.26. The smallest absolute Gasteiger partial charge is 0.422 e. The van der Waals surface area contributed by atoms with Crippen LogP contribution in [0.1, 0.15) is 54.3 Å². The number of amides is 1. The number of hydrogen-bond acceptors (Lipinski definition) is 6. The molecule has 1 unspecified atom stereocenters. The van der Waals surface area contributed by atoms with Gasteiger partial charge in [0.2, 0.25) is 0 Å². The average Bonchev–Trinajstić information content (AvgIpc) is 2.76. The molecule has 0 spiro atoms. The van der Waals surface area contributed by atoms with E-state index in [1.165, 1.54) is 49.5 Å². The number of ether oxygens (including phenoxy) is 1. The third-order valence-corrected chi connectivity index (χ3v) is 4.78. The third kappa shape index (κ3) is 8.69. The summed E-state index contributed by atoms with van der Waals surface area (Å²) in [5, 5.41) is 20.9. The summed E-state index contributed by atoms with van der Waals surface area (Å²) in [6, 6.07) is 6.69. The number of nitrogens with one attached hydrogen (secondary N) is 1. The molecule has 8 nitrogen and oxygen atoms in total. The zero-order valence-corrected chi connectivity index (χ0v) is 18.9. The molecule has 0 fully saturated rings. The second-order valence-corrected chi connectivity index (χ2v) is 7.66. The van der Waals surface area contributed by atoms with Gasteiger partial charge in [-0.25, -0.2) is 9.59 Å². The van der Waals surface area contributed by atoms with Crippen LogP contribution in [-0.2, 0) is 0 Å². The second-order valence-electron chi connectivity index (χ2n) is 7.66. The molecular formula is C24H24F3NO7. The van der Waals surface area contributed by atoms with Crippen LogP contribution in [0, 0.1) is 0 Å². The predicted octanol–water partition coefficient (Wildman–Crippen LogP) is 5.24. The molecule has 11 heteroatoms. The molecule has 1 amide bonds. The summed E-state index contributed by atoms with van der Waals surface area (Å²) < 4.78 is 46.6. The molecule has 188 valence electrons. The summed E-state index contributed by atoms with van der Waals surface area (Å²) in [6.07, 6.45) is -0.450. The van der Waals surface area contributed by atoms with Gasteiger partial charge in [0, 0.05) is 18.2 Å². The minimum atomic E-state index is -4.46. The minimum Gasteiger partial charge on any atom is -0.507 e. The van der Waals surface area contributed by atoms with Crippen LogP contribution < -0.4 is 15.7 Å². The van der Waals surface area contributed by atoms with Crippen molar-refractivity contribution in [3.63, 3.8) is 0 Å². The van der Waals surface area contributed by atoms with Crippen LogP contribution in [0.2, 0.25) is 0 Å². The number of Topliss-reactive ketones (excluding diaryl/α,β-unsaturated/α-hetero) is 1. The number of carbonyl (C=O) groups is 2. The van der Waals surface area contributed by atoms with Gasteiger partial charge in [-0.3, -0.25) is 10.1 Å². The van der Waals surface area contributed by atoms with Gasteiger partial charge in [-0.15, -0.1) is 0 Å². The lowest BCUT2D eigenvalue weighted by atomic mass is 9.99. The van der Waals surface area contributed by atoms with Gasteiger partial charge in [-0.2, -0.15) is 13.2 Å². The van der Waals surface area contributed by atoms with Crippen LogP contribution in [0.3, 0.4) is 0 Å². The van der Waals surface area contributed by atoms with Crippen LogP contribution in [-0.4, -0.2) is 34.9 Å². The highest BCUT2D eigenvalue weighted by Gasteiger charge is 2.28. The van der Waals surface area contributed by atoms with Gasteiger partial charge < -0.3 is 19.4 Å². The first-order valence-corrected chi connectivity index (χ1v) is 10.4. The van der Waals surface area contributed by atoms with Crippen molar-refractivity contribution in [2.45, 2.75) is 38.8 Å². The lowest BCUT2D eigenvalue weighted by Gasteiger charge is -2.11. The van der Waals surface area contributed by atoms with Crippen molar-refractivity contribution < 1.29 is 42.1 Å². The van der Waals surface area contributed by atoms with Crippen LogP contribution >= 0.6 is 0 Å². The first kappa shape index (κ1) is 27.2. The van der Waals surface area contributed by atoms with Crippen LogP contribution in [0.4, 0.5) is 18.0 Å². The van der Waals surface area contributed by atoms with Crippen molar-refractivity contribution in [3.05, 3.63) is 75.5 Å². The van der Waals surface area contributed by atoms with Crippen LogP contribution in [0.25, 0.3) is 6.08 Å². The fourth-order valence-electron chi connectivity index (χ4n) is 2.99. The topological polar surface area (TPSA) is 126 Å². The molecular weight excluding hydrogens is 471 g/mol. The third-order valence-electron chi connectivity index (χ3n) is 4.78. The minimum absolute atomic E-state index is 0.0000845. The van der Waals surface area contributed by atoms with Gasteiger partial charge in [-0.1, -0.05) is 25.1 Å². The van der Waals surface area contributed by atoms with E-state index >= 15 is 0 Å². The van der Waals surface area contributed by atoms with Crippen molar-refractivity contribution in [2.75, 3.05) is 6.61 Å². The van der Waals surface area contributed by atoms with E-state index in [4.69, 9.17) is 9.52 Å². The average molecular weight is 495 g/mol. The molecule has 1 atom stereocenters. The van der Waals surface area contributed by atoms with Gasteiger partial charge in [0.05, 0.1) is 0 Å². The second kappa shape index (κ2) is 11.9. The summed E-state index contributed by atoms with van der Waals surface area (Å²) >= 11 is 0. The van der Waals surface area contributed by atoms with E-state index in [1.54, 1.807) is 13.0 Å². The Morgan fingerprint density at radius 2 is 1.89 bits per heavy atom. The van der Waals surface area contributed by atoms with E-state index in [0.717, 1.165) is 0 Å². The standard InChI is InChI=1S/C24H24F3NO7/c1-14(5-3-4-10-28-23(32)33)19-12-18(29)20(22(31)35-19)21(30)15(2)11-16-6-8-17(9-7-16)34-13-24(25,26)27/h4,6-12,14,28-29H,3,5,13H2,1-2H3,(H,32,33)/b10-4+,15-11?. The van der Waals surface area contributed by atoms with Crippen LogP contribution in [0.15, 0.2) is 57.4 Å². The Balaban J connectivity index is 2.11. The highest BCUT2D eigenvalue weighted by atomic mass is 19.4. The van der Waals surface area contributed by atoms with E-state index in [0.29, 0.717) is 18.4 Å². The monoisotopic (exact) mass is 495 g/mol. The maximum Gasteiger partial charge on any atom is 0.422 e. The van der Waals surface area contributed by atoms with Crippen molar-refractivity contribution in [3.8, 4) is 11.5 Å². The number of allylic oxidation sites excluding steroid dienone is 2. The fourth-order valence-corrected chi connectivity index (χ4v) is 2.99. The molecule has 2 rings (SSSR count). The fraction of sp³-hybridized carbons (Fsp3) is 0.292. The Labute approximate surface area is 198 Å². The summed E-state index contributed by atoms with van der Waals surface area (Å²) in [5.74, 6) is -1.45. The summed E-state index contributed by atoms with van der Waals surface area (Å²) in [5.41, 5.74) is -0.989. The van der Waals surface area contributed by atoms with Gasteiger partial charge >= 0.3 is 17.9 Å². The van der Waals surface area contributed by atoms with E-state index in [1.807, 2.05) is 0 Å². The molecule has 35 heavy (non-hydrogen) atoms. The summed E-state index contributed by atoms with van der Waals surface area (Å²) in [7, 11) is 0. The van der Waals surface area contributed by atoms with Crippen molar-refractivity contribution in [1.82, 2.24) is 5.32 Å². The number of alkyl halides is 3. The Kier molecular flexibility index (Phi) is 9.26. The highest BCUT2D eigenvalue weighted by molar-refractivity contribution is 6.12. The molecule has 0 radical (unpaired) electrons. The van der Waals surface area contributed by atoms with E-state index in [9.17, 15) is 32.7 Å². The quantitative estimate of drug-likeness (QED) is 0.304. The first-order chi connectivity index (χ1) is 16.4. The molecule has 1 heterocycles. The lowest BCUT2D eigenvalue weighted by Crippen LogP contribution is -2.19. The number of carboxylic acid groups (broad SMARTS) is 1. The number of carbonyl (C=O) groups excluding carboxylic acids is 1. The van der Waals surface area contributed by atoms with Crippen molar-refractivity contribution in [2.24, 2.45) is 0 Å². The SMILES string of the molecule is CC(=Cc1ccc(OCC(F)(F)F)cc1)C(=O)c1c(O)cc(C(C)CC/C=C/NC(=O)O)oc1=O. The number of rotatable bonds is 10. The first-order valence-electron chi connectivity index (χ1n) is 10.4. The molecule has 1 aromatic heterocycles.